The zero-order valence-electron chi connectivity index (χ0n) is 39.7. The maximum Gasteiger partial charge on any atom is 0.315 e. The van der Waals surface area contributed by atoms with Crippen molar-refractivity contribution in [2.24, 2.45) is 56.7 Å². The first-order chi connectivity index (χ1) is 31.3. The zero-order chi connectivity index (χ0) is 49.1. The molecule has 11 N–H and O–H groups in total. The average Bonchev–Trinajstić information content (AvgIpc) is 3.28. The van der Waals surface area contributed by atoms with Gasteiger partial charge in [0.25, 0.3) is 0 Å². The van der Waals surface area contributed by atoms with Gasteiger partial charge in [-0.2, -0.15) is 0 Å². The van der Waals surface area contributed by atoms with Crippen LogP contribution in [0.2, 0.25) is 0 Å². The molecule has 67 heavy (non-hydrogen) atoms. The van der Waals surface area contributed by atoms with Gasteiger partial charge in [-0.3, -0.25) is 9.59 Å². The maximum absolute atomic E-state index is 15.0. The van der Waals surface area contributed by atoms with Crippen LogP contribution in [0.4, 0.5) is 0 Å². The number of carboxylic acids is 1. The van der Waals surface area contributed by atoms with Gasteiger partial charge in [-0.05, 0) is 111 Å². The minimum Gasteiger partial charge on any atom is -0.481 e. The van der Waals surface area contributed by atoms with Crippen LogP contribution in [0, 0.1) is 56.7 Å². The summed E-state index contributed by atoms with van der Waals surface area (Å²) in [7, 11) is 0. The van der Waals surface area contributed by atoms with Crippen LogP contribution in [0.1, 0.15) is 106 Å². The minimum atomic E-state index is -1.89. The van der Waals surface area contributed by atoms with Gasteiger partial charge in [0.15, 0.2) is 12.6 Å². The molecule has 5 aliphatic carbocycles. The van der Waals surface area contributed by atoms with Crippen molar-refractivity contribution < 1.29 is 94.2 Å². The molecule has 0 aromatic rings. The second kappa shape index (κ2) is 18.3. The van der Waals surface area contributed by atoms with Gasteiger partial charge in [-0.15, -0.1) is 0 Å². The van der Waals surface area contributed by atoms with Crippen LogP contribution >= 0.6 is 0 Å². The van der Waals surface area contributed by atoms with Crippen molar-refractivity contribution in [3.05, 3.63) is 11.6 Å². The van der Waals surface area contributed by atoms with Gasteiger partial charge in [0.1, 0.15) is 67.1 Å². The zero-order valence-corrected chi connectivity index (χ0v) is 39.7. The largest absolute Gasteiger partial charge is 0.481 e. The summed E-state index contributed by atoms with van der Waals surface area (Å²) in [5.41, 5.74) is -3.35. The van der Waals surface area contributed by atoms with Crippen LogP contribution < -0.4 is 0 Å². The third-order valence-electron chi connectivity index (χ3n) is 19.4. The number of fused-ring (bicyclic) bond motifs is 7. The standard InChI is InChI=1S/C48H76O19/c1-20-10-15-47(43(61)67-41-38(58)35(55)32(52)25(65-41)19-62-39-36(56)34(54)31(51)24(18-49)64-39)16-17-48(42(59)60)23(29(47)21(20)2)8-9-27-45(6)13-12-28(44(4,5)26(45)11-14-46(27,48)7)66-40-37(57)33(53)30(50)22(3)63-40/h8,20-22,24-41,49-58H,9-19H2,1-7H3,(H,59,60). The van der Waals surface area contributed by atoms with Crippen molar-refractivity contribution in [1.29, 1.82) is 0 Å². The number of hydrogen-bond donors (Lipinski definition) is 11. The number of carbonyl (C=O) groups excluding carboxylic acids is 1. The third-order valence-corrected chi connectivity index (χ3v) is 19.4. The molecule has 0 radical (unpaired) electrons. The van der Waals surface area contributed by atoms with E-state index in [2.05, 4.69) is 47.6 Å². The Morgan fingerprint density at radius 2 is 1.28 bits per heavy atom. The van der Waals surface area contributed by atoms with E-state index < -0.39 is 145 Å². The van der Waals surface area contributed by atoms with E-state index in [-0.39, 0.29) is 48.0 Å². The SMILES string of the molecule is CC1CCC2(C(=O)OC3OC(COC4OC(CO)C(O)C(O)C4O)C(O)C(O)C3O)CCC3(C(=O)O)C(=CCC4C5(C)CCC(OC6OC(C)C(O)C(O)C6O)C(C)(C)C5CCC43C)C2C1C. The van der Waals surface area contributed by atoms with Crippen molar-refractivity contribution in [1.82, 2.24) is 0 Å². The van der Waals surface area contributed by atoms with Crippen LogP contribution in [0.15, 0.2) is 11.6 Å². The molecule has 3 saturated heterocycles. The normalized spacial score (nSPS) is 54.0. The summed E-state index contributed by atoms with van der Waals surface area (Å²) in [5, 5.41) is 117. The lowest BCUT2D eigenvalue weighted by Crippen LogP contribution is -2.68. The minimum absolute atomic E-state index is 0.0658. The van der Waals surface area contributed by atoms with E-state index in [0.29, 0.717) is 44.9 Å². The lowest BCUT2D eigenvalue weighted by Gasteiger charge is -2.70. The molecule has 25 atom stereocenters. The highest BCUT2D eigenvalue weighted by molar-refractivity contribution is 5.85. The maximum atomic E-state index is 15.0. The van der Waals surface area contributed by atoms with E-state index in [1.807, 2.05) is 0 Å². The summed E-state index contributed by atoms with van der Waals surface area (Å²) in [6.07, 6.45) is -16.6. The van der Waals surface area contributed by atoms with Gasteiger partial charge in [0, 0.05) is 0 Å². The van der Waals surface area contributed by atoms with Crippen LogP contribution in [0.25, 0.3) is 0 Å². The van der Waals surface area contributed by atoms with E-state index in [0.717, 1.165) is 5.57 Å². The summed E-state index contributed by atoms with van der Waals surface area (Å²) in [4.78, 5) is 29.4. The van der Waals surface area contributed by atoms with Crippen LogP contribution in [0.5, 0.6) is 0 Å². The molecule has 382 valence electrons. The van der Waals surface area contributed by atoms with Gasteiger partial charge < -0.3 is 84.6 Å². The first-order valence-corrected chi connectivity index (χ1v) is 24.5. The molecule has 0 bridgehead atoms. The number of rotatable bonds is 9. The molecular weight excluding hydrogens is 881 g/mol. The Morgan fingerprint density at radius 3 is 1.94 bits per heavy atom. The lowest BCUT2D eigenvalue weighted by atomic mass is 9.33. The molecule has 3 heterocycles. The van der Waals surface area contributed by atoms with Gasteiger partial charge in [-0.1, -0.05) is 53.2 Å². The van der Waals surface area contributed by atoms with E-state index >= 15 is 4.79 Å². The second-order valence-electron chi connectivity index (χ2n) is 22.8. The van der Waals surface area contributed by atoms with E-state index in [1.54, 1.807) is 6.92 Å². The number of hydrogen-bond acceptors (Lipinski definition) is 18. The Kier molecular flexibility index (Phi) is 14.0. The molecule has 0 spiro atoms. The highest BCUT2D eigenvalue weighted by atomic mass is 16.7. The molecule has 19 nitrogen and oxygen atoms in total. The molecule has 0 aromatic carbocycles. The molecule has 19 heteroatoms. The van der Waals surface area contributed by atoms with Crippen molar-refractivity contribution >= 4 is 11.9 Å². The lowest BCUT2D eigenvalue weighted by molar-refractivity contribution is -0.328. The fourth-order valence-electron chi connectivity index (χ4n) is 15.3. The monoisotopic (exact) mass is 956 g/mol. The van der Waals surface area contributed by atoms with E-state index in [1.165, 1.54) is 0 Å². The number of aliphatic carboxylic acids is 1. The van der Waals surface area contributed by atoms with Crippen LogP contribution in [-0.4, -0.2) is 180 Å². The predicted molar refractivity (Wildman–Crippen MR) is 231 cm³/mol. The quantitative estimate of drug-likeness (QED) is 0.0829. The third kappa shape index (κ3) is 7.79. The topological polar surface area (TPSA) is 312 Å². The molecule has 0 amide bonds. The summed E-state index contributed by atoms with van der Waals surface area (Å²) in [5.74, 6) is -2.23. The number of esters is 1. The average molecular weight is 957 g/mol. The molecular formula is C48H76O19. The van der Waals surface area contributed by atoms with Gasteiger partial charge in [-0.25, -0.2) is 0 Å². The number of carboxylic acid groups (broad SMARTS) is 1. The fourth-order valence-corrected chi connectivity index (χ4v) is 15.3. The molecule has 25 unspecified atom stereocenters. The first-order valence-electron chi connectivity index (χ1n) is 24.5. The van der Waals surface area contributed by atoms with Gasteiger partial charge in [0.05, 0.1) is 36.3 Å². The van der Waals surface area contributed by atoms with Crippen molar-refractivity contribution in [2.45, 2.75) is 204 Å². The highest BCUT2D eigenvalue weighted by Gasteiger charge is 2.74. The van der Waals surface area contributed by atoms with Crippen molar-refractivity contribution in [3.63, 3.8) is 0 Å². The number of aliphatic hydroxyl groups excluding tert-OH is 10. The van der Waals surface area contributed by atoms with E-state index in [4.69, 9.17) is 28.4 Å². The number of allylic oxidation sites excluding steroid dienone is 1. The van der Waals surface area contributed by atoms with Crippen molar-refractivity contribution in [3.8, 4) is 0 Å². The van der Waals surface area contributed by atoms with E-state index in [9.17, 15) is 61.0 Å². The fraction of sp³-hybridized carbons (Fsp3) is 0.917. The molecule has 4 saturated carbocycles. The Balaban J connectivity index is 1.05. The number of carbonyl (C=O) groups is 2. The van der Waals surface area contributed by atoms with Crippen LogP contribution in [0.3, 0.4) is 0 Å². The van der Waals surface area contributed by atoms with Gasteiger partial charge in [0.2, 0.25) is 6.29 Å². The highest BCUT2D eigenvalue weighted by Crippen LogP contribution is 2.76. The summed E-state index contributed by atoms with van der Waals surface area (Å²) in [6, 6.07) is 0. The molecule has 0 aromatic heterocycles. The second-order valence-corrected chi connectivity index (χ2v) is 22.8. The number of aliphatic hydroxyl groups is 10. The summed E-state index contributed by atoms with van der Waals surface area (Å²) in [6.45, 7) is 13.2. The van der Waals surface area contributed by atoms with Crippen LogP contribution in [-0.2, 0) is 38.0 Å². The van der Waals surface area contributed by atoms with Crippen molar-refractivity contribution in [2.75, 3.05) is 13.2 Å². The summed E-state index contributed by atoms with van der Waals surface area (Å²) < 4.78 is 35.3. The summed E-state index contributed by atoms with van der Waals surface area (Å²) >= 11 is 0. The number of ether oxygens (including phenoxy) is 6. The smallest absolute Gasteiger partial charge is 0.315 e. The molecule has 3 aliphatic heterocycles. The predicted octanol–water partition coefficient (Wildman–Crippen LogP) is 0.0887. The Bertz CT molecular complexity index is 1860. The Labute approximate surface area is 391 Å². The Hall–Kier alpha value is -1.92. The Morgan fingerprint density at radius 1 is 0.672 bits per heavy atom. The molecule has 8 aliphatic rings. The van der Waals surface area contributed by atoms with Gasteiger partial charge >= 0.3 is 11.9 Å². The first kappa shape index (κ1) is 51.4. The molecule has 8 rings (SSSR count). The molecule has 7 fully saturated rings.